The summed E-state index contributed by atoms with van der Waals surface area (Å²) in [6.45, 7) is 16.9. The second kappa shape index (κ2) is 25.5. The normalized spacial score (nSPS) is 17.3. The van der Waals surface area contributed by atoms with Crippen molar-refractivity contribution in [2.24, 2.45) is 17.8 Å². The Kier molecular flexibility index (Phi) is 21.3. The summed E-state index contributed by atoms with van der Waals surface area (Å²) in [6, 6.07) is 14.2. The molecule has 0 aliphatic carbocycles. The van der Waals surface area contributed by atoms with E-state index in [2.05, 4.69) is 34.7 Å². The number of methoxy groups -OCH3 is 3. The highest BCUT2D eigenvalue weighted by atomic mass is 16.5. The number of nitrogens with zero attached hydrogens (tertiary/aromatic N) is 3. The van der Waals surface area contributed by atoms with Crippen LogP contribution in [0.1, 0.15) is 78.4 Å². The number of hydrogen-bond acceptors (Lipinski definition) is 10. The Morgan fingerprint density at radius 1 is 0.841 bits per heavy atom. The van der Waals surface area contributed by atoms with Crippen molar-refractivity contribution in [2.45, 2.75) is 122 Å². The van der Waals surface area contributed by atoms with Gasteiger partial charge in [-0.1, -0.05) is 96.2 Å². The van der Waals surface area contributed by atoms with Crippen LogP contribution in [-0.2, 0) is 51.0 Å². The van der Waals surface area contributed by atoms with Gasteiger partial charge in [-0.25, -0.2) is 4.79 Å². The molecule has 0 radical (unpaired) electrons. The van der Waals surface area contributed by atoms with Crippen LogP contribution in [0.2, 0.25) is 0 Å². The zero-order valence-electron chi connectivity index (χ0n) is 39.9. The molecule has 1 saturated heterocycles. The lowest BCUT2D eigenvalue weighted by atomic mass is 9.92. The number of likely N-dealkylation sites (tertiary alicyclic amines) is 1. The van der Waals surface area contributed by atoms with E-state index >= 15 is 0 Å². The van der Waals surface area contributed by atoms with Crippen LogP contribution in [0.5, 0.6) is 0 Å². The third-order valence-corrected chi connectivity index (χ3v) is 12.5. The molecule has 1 unspecified atom stereocenters. The summed E-state index contributed by atoms with van der Waals surface area (Å²) < 4.78 is 17.0. The van der Waals surface area contributed by atoms with Gasteiger partial charge >= 0.3 is 5.97 Å². The van der Waals surface area contributed by atoms with Crippen molar-refractivity contribution >= 4 is 35.3 Å². The quantitative estimate of drug-likeness (QED) is 0.0905. The average Bonchev–Trinajstić information content (AvgIpc) is 3.76. The molecule has 1 aliphatic heterocycles. The predicted octanol–water partition coefficient (Wildman–Crippen LogP) is 5.11. The Morgan fingerprint density at radius 3 is 2.03 bits per heavy atom. The number of carbonyl (C=O) groups excluding carboxylic acids is 5. The molecule has 14 nitrogen and oxygen atoms in total. The first-order chi connectivity index (χ1) is 29.9. The molecule has 0 spiro atoms. The van der Waals surface area contributed by atoms with Crippen LogP contribution in [0.4, 0.5) is 5.69 Å². The van der Waals surface area contributed by atoms with E-state index in [1.54, 1.807) is 23.8 Å². The fourth-order valence-electron chi connectivity index (χ4n) is 8.79. The van der Waals surface area contributed by atoms with Gasteiger partial charge in [0.05, 0.1) is 49.8 Å². The summed E-state index contributed by atoms with van der Waals surface area (Å²) in [5.74, 6) is -2.69. The first-order valence-electron chi connectivity index (χ1n) is 22.4. The van der Waals surface area contributed by atoms with Crippen molar-refractivity contribution in [3.05, 3.63) is 77.9 Å². The van der Waals surface area contributed by atoms with Crippen molar-refractivity contribution in [1.29, 1.82) is 0 Å². The lowest BCUT2D eigenvalue weighted by Crippen LogP contribution is -2.59. The molecule has 4 amide bonds. The number of hydrogen-bond donors (Lipinski definition) is 3. The zero-order chi connectivity index (χ0) is 47.0. The first-order valence-corrected chi connectivity index (χ1v) is 22.4. The summed E-state index contributed by atoms with van der Waals surface area (Å²) >= 11 is 0. The maximum absolute atomic E-state index is 14.5. The van der Waals surface area contributed by atoms with E-state index in [0.717, 1.165) is 23.2 Å². The number of likely N-dealkylation sites (N-methyl/N-ethyl adjacent to an activating group) is 2. The maximum atomic E-state index is 14.5. The molecule has 14 heteroatoms. The molecule has 2 aromatic rings. The summed E-state index contributed by atoms with van der Waals surface area (Å²) in [6.07, 6.45) is 1.35. The van der Waals surface area contributed by atoms with E-state index in [1.165, 1.54) is 21.3 Å². The Balaban J connectivity index is 1.77. The first kappa shape index (κ1) is 52.6. The number of anilines is 1. The molecule has 0 aromatic heterocycles. The molecular formula is C49H76N6O8. The smallest absolute Gasteiger partial charge is 0.328 e. The minimum Gasteiger partial charge on any atom is -0.467 e. The molecule has 1 fully saturated rings. The van der Waals surface area contributed by atoms with E-state index in [-0.39, 0.29) is 42.4 Å². The Morgan fingerprint density at radius 2 is 1.49 bits per heavy atom. The number of rotatable bonds is 25. The number of ether oxygens (including phenoxy) is 3. The van der Waals surface area contributed by atoms with Crippen molar-refractivity contribution in [2.75, 3.05) is 60.9 Å². The van der Waals surface area contributed by atoms with Gasteiger partial charge in [0.25, 0.3) is 0 Å². The molecule has 350 valence electrons. The minimum atomic E-state index is -0.906. The number of amides is 4. The van der Waals surface area contributed by atoms with Gasteiger partial charge in [-0.3, -0.25) is 24.1 Å². The van der Waals surface area contributed by atoms with Gasteiger partial charge in [0.15, 0.2) is 0 Å². The van der Waals surface area contributed by atoms with Gasteiger partial charge < -0.3 is 40.0 Å². The highest BCUT2D eigenvalue weighted by molar-refractivity contribution is 5.90. The molecule has 0 saturated carbocycles. The van der Waals surface area contributed by atoms with E-state index in [1.807, 2.05) is 96.1 Å². The second-order valence-corrected chi connectivity index (χ2v) is 17.5. The molecular weight excluding hydrogens is 801 g/mol. The summed E-state index contributed by atoms with van der Waals surface area (Å²) in [4.78, 5) is 74.8. The molecule has 3 rings (SSSR count). The van der Waals surface area contributed by atoms with Gasteiger partial charge in [0, 0.05) is 53.5 Å². The number of carbonyl (C=O) groups is 5. The van der Waals surface area contributed by atoms with Crippen LogP contribution < -0.4 is 16.0 Å². The molecule has 2 aromatic carbocycles. The fourth-order valence-corrected chi connectivity index (χ4v) is 8.79. The molecule has 1 aliphatic rings. The summed E-state index contributed by atoms with van der Waals surface area (Å²) in [5, 5.41) is 9.10. The van der Waals surface area contributed by atoms with Crippen molar-refractivity contribution in [3.8, 4) is 0 Å². The zero-order valence-corrected chi connectivity index (χ0v) is 39.9. The number of benzene rings is 2. The lowest BCUT2D eigenvalue weighted by molar-refractivity contribution is -0.147. The SMILES string of the molecule is C=C(CC)[C@@H]([C@@H](CC(=O)N1CCC[C@H]1C(OC)[C@@H](C)C(=O)N[C@@H](Cc1ccccc1)C(=O)OC)OC)N(C)C(=O)[C@@H](NC(=O)[C@H](C(C)C)N(C)CCc1ccc(NC)cc1)C(C)C. The van der Waals surface area contributed by atoms with E-state index in [0.29, 0.717) is 37.9 Å². The van der Waals surface area contributed by atoms with Gasteiger partial charge in [-0.05, 0) is 67.8 Å². The fraction of sp³-hybridized carbons (Fsp3) is 0.612. The van der Waals surface area contributed by atoms with Crippen LogP contribution in [0.25, 0.3) is 0 Å². The average molecular weight is 877 g/mol. The predicted molar refractivity (Wildman–Crippen MR) is 248 cm³/mol. The molecule has 63 heavy (non-hydrogen) atoms. The topological polar surface area (TPSA) is 159 Å². The van der Waals surface area contributed by atoms with Crippen molar-refractivity contribution in [1.82, 2.24) is 25.3 Å². The highest BCUT2D eigenvalue weighted by Crippen LogP contribution is 2.29. The molecule has 3 N–H and O–H groups in total. The van der Waals surface area contributed by atoms with Crippen LogP contribution in [0, 0.1) is 17.8 Å². The number of esters is 1. The second-order valence-electron chi connectivity index (χ2n) is 17.5. The van der Waals surface area contributed by atoms with Gasteiger partial charge in [-0.2, -0.15) is 0 Å². The van der Waals surface area contributed by atoms with Gasteiger partial charge in [0.1, 0.15) is 12.1 Å². The highest BCUT2D eigenvalue weighted by Gasteiger charge is 2.43. The van der Waals surface area contributed by atoms with Crippen LogP contribution in [0.15, 0.2) is 66.7 Å². The van der Waals surface area contributed by atoms with Crippen LogP contribution in [0.3, 0.4) is 0 Å². The van der Waals surface area contributed by atoms with E-state index in [9.17, 15) is 24.0 Å². The monoisotopic (exact) mass is 877 g/mol. The van der Waals surface area contributed by atoms with E-state index in [4.69, 9.17) is 14.2 Å². The van der Waals surface area contributed by atoms with E-state index < -0.39 is 60.2 Å². The standard InChI is InChI=1S/C49H76N6O8/c1-14-33(6)44(54(10)48(59)42(31(2)3)52-47(58)43(32(4)5)53(9)28-26-35-22-24-37(50-8)25-23-35)40(61-11)30-41(56)55-27-18-21-39(55)45(62-12)34(7)46(57)51-38(49(60)63-13)29-36-19-16-15-17-20-36/h15-17,19-20,22-25,31-32,34,38-40,42-45,50H,6,14,18,21,26-30H2,1-5,7-13H3,(H,51,57)(H,52,58)/t34-,38+,39+,40-,42+,43+,44+,45?/m1/s1. The number of nitrogens with one attached hydrogen (secondary N) is 3. The largest absolute Gasteiger partial charge is 0.467 e. The maximum Gasteiger partial charge on any atom is 0.328 e. The van der Waals surface area contributed by atoms with Crippen molar-refractivity contribution in [3.63, 3.8) is 0 Å². The van der Waals surface area contributed by atoms with Crippen molar-refractivity contribution < 1.29 is 38.2 Å². The molecule has 1 heterocycles. The van der Waals surface area contributed by atoms with Crippen LogP contribution in [-0.4, -0.2) is 142 Å². The summed E-state index contributed by atoms with van der Waals surface area (Å²) in [7, 11) is 9.83. The van der Waals surface area contributed by atoms with Crippen LogP contribution >= 0.6 is 0 Å². The summed E-state index contributed by atoms with van der Waals surface area (Å²) in [5.41, 5.74) is 3.77. The minimum absolute atomic E-state index is 0.0280. The molecule has 8 atom stereocenters. The van der Waals surface area contributed by atoms with Gasteiger partial charge in [-0.15, -0.1) is 0 Å². The third kappa shape index (κ3) is 14.4. The van der Waals surface area contributed by atoms with Gasteiger partial charge in [0.2, 0.25) is 23.6 Å². The lowest BCUT2D eigenvalue weighted by Gasteiger charge is -2.39. The Labute approximate surface area is 376 Å². The third-order valence-electron chi connectivity index (χ3n) is 12.5. The Bertz CT molecular complexity index is 1790. The molecule has 0 bridgehead atoms. The Hall–Kier alpha value is -4.79.